The molecule has 18 heavy (non-hydrogen) atoms. The standard InChI is InChI=1S/C11H7ClN2O4/c12-11(13-15)10-6-5-9(18-10)7-1-3-8(4-2-7)14(16)17/h1-6,15H. The molecule has 0 unspecified atom stereocenters. The van der Waals surface area contributed by atoms with Crippen molar-refractivity contribution < 1.29 is 14.5 Å². The molecular weight excluding hydrogens is 260 g/mol. The van der Waals surface area contributed by atoms with Crippen molar-refractivity contribution in [1.29, 1.82) is 0 Å². The normalized spacial score (nSPS) is 11.5. The summed E-state index contributed by atoms with van der Waals surface area (Å²) < 4.78 is 5.33. The zero-order valence-corrected chi connectivity index (χ0v) is 9.66. The van der Waals surface area contributed by atoms with E-state index < -0.39 is 4.92 Å². The van der Waals surface area contributed by atoms with E-state index in [-0.39, 0.29) is 16.6 Å². The number of hydrogen-bond acceptors (Lipinski definition) is 5. The fourth-order valence-corrected chi connectivity index (χ4v) is 1.50. The van der Waals surface area contributed by atoms with E-state index in [4.69, 9.17) is 21.2 Å². The van der Waals surface area contributed by atoms with E-state index in [1.807, 2.05) is 0 Å². The maximum Gasteiger partial charge on any atom is 0.269 e. The van der Waals surface area contributed by atoms with Crippen LogP contribution in [0, 0.1) is 10.1 Å². The van der Waals surface area contributed by atoms with Crippen molar-refractivity contribution in [3.8, 4) is 11.3 Å². The highest BCUT2D eigenvalue weighted by atomic mass is 35.5. The van der Waals surface area contributed by atoms with Crippen LogP contribution in [-0.4, -0.2) is 15.3 Å². The lowest BCUT2D eigenvalue weighted by atomic mass is 10.1. The first-order chi connectivity index (χ1) is 8.61. The molecule has 0 radical (unpaired) electrons. The summed E-state index contributed by atoms with van der Waals surface area (Å²) in [6.45, 7) is 0. The van der Waals surface area contributed by atoms with Crippen molar-refractivity contribution >= 4 is 22.5 Å². The molecule has 2 rings (SSSR count). The number of benzene rings is 1. The highest BCUT2D eigenvalue weighted by molar-refractivity contribution is 6.69. The minimum Gasteiger partial charge on any atom is -0.453 e. The Kier molecular flexibility index (Phi) is 3.29. The van der Waals surface area contributed by atoms with Gasteiger partial charge in [0.1, 0.15) is 5.76 Å². The Bertz CT molecular complexity index is 604. The molecule has 0 amide bonds. The van der Waals surface area contributed by atoms with Gasteiger partial charge in [-0.1, -0.05) is 16.8 Å². The van der Waals surface area contributed by atoms with Gasteiger partial charge in [0.2, 0.25) is 5.17 Å². The fourth-order valence-electron chi connectivity index (χ4n) is 1.40. The predicted molar refractivity (Wildman–Crippen MR) is 65.0 cm³/mol. The molecule has 92 valence electrons. The number of rotatable bonds is 3. The number of furan rings is 1. The second kappa shape index (κ2) is 4.89. The zero-order valence-electron chi connectivity index (χ0n) is 8.91. The summed E-state index contributed by atoms with van der Waals surface area (Å²) in [4.78, 5) is 10.0. The quantitative estimate of drug-likeness (QED) is 0.400. The van der Waals surface area contributed by atoms with Gasteiger partial charge in [0, 0.05) is 17.7 Å². The number of halogens is 1. The van der Waals surface area contributed by atoms with Gasteiger partial charge in [-0.3, -0.25) is 10.1 Å². The van der Waals surface area contributed by atoms with E-state index in [0.717, 1.165) is 0 Å². The molecular formula is C11H7ClN2O4. The van der Waals surface area contributed by atoms with E-state index in [2.05, 4.69) is 5.16 Å². The maximum atomic E-state index is 10.5. The second-order valence-corrected chi connectivity index (χ2v) is 3.72. The molecule has 1 heterocycles. The smallest absolute Gasteiger partial charge is 0.269 e. The van der Waals surface area contributed by atoms with E-state index in [1.165, 1.54) is 12.1 Å². The van der Waals surface area contributed by atoms with Crippen LogP contribution in [0.15, 0.2) is 46.0 Å². The number of hydrogen-bond donors (Lipinski definition) is 1. The molecule has 0 saturated heterocycles. The Morgan fingerprint density at radius 1 is 1.28 bits per heavy atom. The minimum absolute atomic E-state index is 0.000447. The van der Waals surface area contributed by atoms with E-state index in [1.54, 1.807) is 24.3 Å². The lowest BCUT2D eigenvalue weighted by Crippen LogP contribution is -1.87. The predicted octanol–water partition coefficient (Wildman–Crippen LogP) is 3.23. The third-order valence-corrected chi connectivity index (χ3v) is 2.52. The molecule has 0 aliphatic rings. The Labute approximate surface area is 106 Å². The van der Waals surface area contributed by atoms with Crippen molar-refractivity contribution in [3.05, 3.63) is 52.3 Å². The lowest BCUT2D eigenvalue weighted by Gasteiger charge is -1.96. The molecule has 6 nitrogen and oxygen atoms in total. The number of nitrogens with zero attached hydrogens (tertiary/aromatic N) is 2. The summed E-state index contributed by atoms with van der Waals surface area (Å²) in [6, 6.07) is 9.04. The van der Waals surface area contributed by atoms with Gasteiger partial charge in [-0.25, -0.2) is 0 Å². The van der Waals surface area contributed by atoms with Crippen LogP contribution in [0.3, 0.4) is 0 Å². The molecule has 1 aromatic heterocycles. The van der Waals surface area contributed by atoms with Crippen molar-refractivity contribution in [3.63, 3.8) is 0 Å². The summed E-state index contributed by atoms with van der Waals surface area (Å²) in [6.07, 6.45) is 0. The van der Waals surface area contributed by atoms with Crippen LogP contribution < -0.4 is 0 Å². The van der Waals surface area contributed by atoms with E-state index >= 15 is 0 Å². The molecule has 0 spiro atoms. The molecule has 0 saturated carbocycles. The highest BCUT2D eigenvalue weighted by Crippen LogP contribution is 2.25. The molecule has 1 aromatic carbocycles. The third kappa shape index (κ3) is 2.33. The molecule has 7 heteroatoms. The van der Waals surface area contributed by atoms with Crippen molar-refractivity contribution in [2.24, 2.45) is 5.16 Å². The SMILES string of the molecule is O=[N+]([O-])c1ccc(-c2ccc(C(Cl)=NO)o2)cc1. The van der Waals surface area contributed by atoms with Gasteiger partial charge in [-0.05, 0) is 24.3 Å². The first-order valence-electron chi connectivity index (χ1n) is 4.84. The molecule has 0 atom stereocenters. The summed E-state index contributed by atoms with van der Waals surface area (Å²) in [5.74, 6) is 0.689. The van der Waals surface area contributed by atoms with Crippen molar-refractivity contribution in [1.82, 2.24) is 0 Å². The molecule has 1 N–H and O–H groups in total. The van der Waals surface area contributed by atoms with Gasteiger partial charge in [0.05, 0.1) is 4.92 Å². The average Bonchev–Trinajstić information content (AvgIpc) is 2.87. The van der Waals surface area contributed by atoms with Crippen LogP contribution in [0.4, 0.5) is 5.69 Å². The number of nitro benzene ring substituents is 1. The Morgan fingerprint density at radius 3 is 2.50 bits per heavy atom. The van der Waals surface area contributed by atoms with Gasteiger partial charge in [0.25, 0.3) is 5.69 Å². The summed E-state index contributed by atoms with van der Waals surface area (Å²) >= 11 is 5.58. The highest BCUT2D eigenvalue weighted by Gasteiger charge is 2.10. The summed E-state index contributed by atoms with van der Waals surface area (Å²) in [5, 5.41) is 21.6. The Hall–Kier alpha value is -2.34. The van der Waals surface area contributed by atoms with E-state index in [0.29, 0.717) is 11.3 Å². The third-order valence-electron chi connectivity index (χ3n) is 2.26. The summed E-state index contributed by atoms with van der Waals surface area (Å²) in [7, 11) is 0. The molecule has 0 aliphatic carbocycles. The van der Waals surface area contributed by atoms with Crippen molar-refractivity contribution in [2.75, 3.05) is 0 Å². The van der Waals surface area contributed by atoms with Crippen LogP contribution in [0.2, 0.25) is 0 Å². The minimum atomic E-state index is -0.480. The van der Waals surface area contributed by atoms with Crippen LogP contribution in [0.5, 0.6) is 0 Å². The van der Waals surface area contributed by atoms with Crippen LogP contribution in [0.25, 0.3) is 11.3 Å². The fraction of sp³-hybridized carbons (Fsp3) is 0. The Balaban J connectivity index is 2.32. The monoisotopic (exact) mass is 266 g/mol. The van der Waals surface area contributed by atoms with E-state index in [9.17, 15) is 10.1 Å². The lowest BCUT2D eigenvalue weighted by molar-refractivity contribution is -0.384. The van der Waals surface area contributed by atoms with Gasteiger partial charge >= 0.3 is 0 Å². The molecule has 0 aliphatic heterocycles. The second-order valence-electron chi connectivity index (χ2n) is 3.36. The summed E-state index contributed by atoms with van der Waals surface area (Å²) in [5.41, 5.74) is 0.662. The topological polar surface area (TPSA) is 88.9 Å². The van der Waals surface area contributed by atoms with Gasteiger partial charge in [-0.2, -0.15) is 0 Å². The first kappa shape index (κ1) is 12.1. The number of non-ortho nitro benzene ring substituents is 1. The average molecular weight is 267 g/mol. The van der Waals surface area contributed by atoms with Gasteiger partial charge < -0.3 is 9.62 Å². The Morgan fingerprint density at radius 2 is 1.94 bits per heavy atom. The zero-order chi connectivity index (χ0) is 13.1. The largest absolute Gasteiger partial charge is 0.453 e. The number of nitro groups is 1. The van der Waals surface area contributed by atoms with Crippen LogP contribution in [-0.2, 0) is 0 Å². The number of oxime groups is 1. The first-order valence-corrected chi connectivity index (χ1v) is 5.22. The van der Waals surface area contributed by atoms with Crippen LogP contribution >= 0.6 is 11.6 Å². The molecule has 0 bridgehead atoms. The maximum absolute atomic E-state index is 10.5. The molecule has 0 fully saturated rings. The molecule has 2 aromatic rings. The van der Waals surface area contributed by atoms with Gasteiger partial charge in [0.15, 0.2) is 5.76 Å². The van der Waals surface area contributed by atoms with Crippen LogP contribution in [0.1, 0.15) is 5.76 Å². The van der Waals surface area contributed by atoms with Gasteiger partial charge in [-0.15, -0.1) is 0 Å². The van der Waals surface area contributed by atoms with Crippen molar-refractivity contribution in [2.45, 2.75) is 0 Å².